The number of nitrogens with one attached hydrogen (secondary N) is 2. The lowest BCUT2D eigenvalue weighted by Crippen LogP contribution is -2.31. The van der Waals surface area contributed by atoms with E-state index in [0.717, 1.165) is 55.1 Å². The van der Waals surface area contributed by atoms with E-state index in [2.05, 4.69) is 81.6 Å². The minimum absolute atomic E-state index is 0.431. The Kier molecular flexibility index (Phi) is 6.90. The molecule has 0 radical (unpaired) electrons. The first-order valence-electron chi connectivity index (χ1n) is 14.0. The molecule has 6 rings (SSSR count). The normalized spacial score (nSPS) is 17.9. The van der Waals surface area contributed by atoms with Crippen LogP contribution in [0.2, 0.25) is 0 Å². The molecule has 6 nitrogen and oxygen atoms in total. The molecule has 6 heteroatoms. The molecule has 0 saturated heterocycles. The van der Waals surface area contributed by atoms with E-state index in [1.165, 1.54) is 40.2 Å². The van der Waals surface area contributed by atoms with Gasteiger partial charge in [0.2, 0.25) is 5.95 Å². The van der Waals surface area contributed by atoms with Crippen molar-refractivity contribution in [2.24, 2.45) is 5.92 Å². The van der Waals surface area contributed by atoms with Gasteiger partial charge in [-0.2, -0.15) is 4.98 Å². The second kappa shape index (κ2) is 10.6. The third-order valence-corrected chi connectivity index (χ3v) is 8.10. The molecule has 2 aromatic heterocycles. The minimum atomic E-state index is 0.431. The van der Waals surface area contributed by atoms with Crippen molar-refractivity contribution in [3.05, 3.63) is 72.3 Å². The Labute approximate surface area is 225 Å². The van der Waals surface area contributed by atoms with Crippen LogP contribution in [0.3, 0.4) is 0 Å². The summed E-state index contributed by atoms with van der Waals surface area (Å²) in [5, 5.41) is 11.2. The van der Waals surface area contributed by atoms with E-state index in [9.17, 15) is 0 Å². The van der Waals surface area contributed by atoms with Crippen LogP contribution < -0.4 is 15.5 Å². The Balaban J connectivity index is 1.04. The number of anilines is 2. The maximum atomic E-state index is 4.83. The fourth-order valence-electron chi connectivity index (χ4n) is 6.13. The van der Waals surface area contributed by atoms with Gasteiger partial charge < -0.3 is 20.1 Å². The SMILES string of the molecule is CCn1c2ccccc2c2cc(CNCC3CCC(Nc4nc(N(C)C)c5ccccc5n4)CC3)ccc21. The number of hydrogen-bond donors (Lipinski definition) is 2. The quantitative estimate of drug-likeness (QED) is 0.249. The highest BCUT2D eigenvalue weighted by molar-refractivity contribution is 6.08. The number of para-hydroxylation sites is 2. The van der Waals surface area contributed by atoms with Crippen molar-refractivity contribution >= 4 is 44.5 Å². The standard InChI is InChI=1S/C32H38N6/c1-4-38-29-12-8-6-9-25(29)27-19-23(15-18-30(27)38)21-33-20-22-13-16-24(17-14-22)34-32-35-28-11-7-5-10-26(28)31(36-32)37(2)3/h5-12,15,18-19,22,24,33H,4,13-14,16-17,20-21H2,1-3H3,(H,34,35,36). The predicted octanol–water partition coefficient (Wildman–Crippen LogP) is 6.58. The molecular formula is C32H38N6. The van der Waals surface area contributed by atoms with Gasteiger partial charge in [0.25, 0.3) is 0 Å². The van der Waals surface area contributed by atoms with Crippen molar-refractivity contribution < 1.29 is 0 Å². The van der Waals surface area contributed by atoms with Crippen LogP contribution in [0.25, 0.3) is 32.7 Å². The summed E-state index contributed by atoms with van der Waals surface area (Å²) < 4.78 is 2.42. The molecular weight excluding hydrogens is 468 g/mol. The number of fused-ring (bicyclic) bond motifs is 4. The number of hydrogen-bond acceptors (Lipinski definition) is 5. The molecule has 3 aromatic carbocycles. The highest BCUT2D eigenvalue weighted by atomic mass is 15.2. The first kappa shape index (κ1) is 24.7. The van der Waals surface area contributed by atoms with Crippen molar-refractivity contribution in [3.8, 4) is 0 Å². The van der Waals surface area contributed by atoms with Gasteiger partial charge in [0, 0.05) is 60.4 Å². The smallest absolute Gasteiger partial charge is 0.225 e. The molecule has 5 aromatic rings. The lowest BCUT2D eigenvalue weighted by molar-refractivity contribution is 0.324. The topological polar surface area (TPSA) is 58.0 Å². The molecule has 0 atom stereocenters. The molecule has 196 valence electrons. The molecule has 2 N–H and O–H groups in total. The van der Waals surface area contributed by atoms with Crippen LogP contribution >= 0.6 is 0 Å². The molecule has 0 spiro atoms. The number of nitrogens with zero attached hydrogens (tertiary/aromatic N) is 4. The zero-order valence-corrected chi connectivity index (χ0v) is 22.7. The van der Waals surface area contributed by atoms with E-state index < -0.39 is 0 Å². The van der Waals surface area contributed by atoms with Crippen molar-refractivity contribution in [1.82, 2.24) is 19.9 Å². The Morgan fingerprint density at radius 2 is 1.58 bits per heavy atom. The molecule has 1 aliphatic carbocycles. The summed E-state index contributed by atoms with van der Waals surface area (Å²) in [7, 11) is 4.08. The van der Waals surface area contributed by atoms with Crippen molar-refractivity contribution in [3.63, 3.8) is 0 Å². The number of benzene rings is 3. The van der Waals surface area contributed by atoms with E-state index in [1.54, 1.807) is 0 Å². The van der Waals surface area contributed by atoms with Crippen LogP contribution in [-0.2, 0) is 13.1 Å². The van der Waals surface area contributed by atoms with Crippen LogP contribution in [0.5, 0.6) is 0 Å². The second-order valence-corrected chi connectivity index (χ2v) is 10.9. The summed E-state index contributed by atoms with van der Waals surface area (Å²) in [5.74, 6) is 2.43. The molecule has 0 bridgehead atoms. The summed E-state index contributed by atoms with van der Waals surface area (Å²) in [6.45, 7) is 5.20. The summed E-state index contributed by atoms with van der Waals surface area (Å²) in [6, 6.07) is 24.4. The molecule has 38 heavy (non-hydrogen) atoms. The van der Waals surface area contributed by atoms with Crippen LogP contribution in [-0.4, -0.2) is 41.2 Å². The van der Waals surface area contributed by atoms with Crippen molar-refractivity contribution in [1.29, 1.82) is 0 Å². The summed E-state index contributed by atoms with van der Waals surface area (Å²) in [6.07, 6.45) is 4.76. The molecule has 1 aliphatic rings. The maximum Gasteiger partial charge on any atom is 0.225 e. The molecule has 0 amide bonds. The molecule has 1 saturated carbocycles. The van der Waals surface area contributed by atoms with E-state index >= 15 is 0 Å². The van der Waals surface area contributed by atoms with E-state index in [4.69, 9.17) is 9.97 Å². The van der Waals surface area contributed by atoms with Gasteiger partial charge >= 0.3 is 0 Å². The fourth-order valence-corrected chi connectivity index (χ4v) is 6.13. The van der Waals surface area contributed by atoms with Gasteiger partial charge in [-0.3, -0.25) is 0 Å². The van der Waals surface area contributed by atoms with Crippen molar-refractivity contribution in [2.75, 3.05) is 30.9 Å². The summed E-state index contributed by atoms with van der Waals surface area (Å²) >= 11 is 0. The molecule has 0 aliphatic heterocycles. The van der Waals surface area contributed by atoms with E-state index in [0.29, 0.717) is 12.0 Å². The molecule has 1 fully saturated rings. The number of aromatic nitrogens is 3. The van der Waals surface area contributed by atoms with Gasteiger partial charge in [0.1, 0.15) is 5.82 Å². The minimum Gasteiger partial charge on any atom is -0.362 e. The first-order chi connectivity index (χ1) is 18.6. The third kappa shape index (κ3) is 4.81. The van der Waals surface area contributed by atoms with Gasteiger partial charge in [-0.25, -0.2) is 4.98 Å². The predicted molar refractivity (Wildman–Crippen MR) is 160 cm³/mol. The third-order valence-electron chi connectivity index (χ3n) is 8.10. The van der Waals surface area contributed by atoms with Crippen LogP contribution in [0.15, 0.2) is 66.7 Å². The monoisotopic (exact) mass is 506 g/mol. The highest BCUT2D eigenvalue weighted by Crippen LogP contribution is 2.31. The zero-order chi connectivity index (χ0) is 26.1. The Morgan fingerprint density at radius 1 is 0.842 bits per heavy atom. The first-order valence-corrected chi connectivity index (χ1v) is 14.0. The van der Waals surface area contributed by atoms with Gasteiger partial charge in [0.05, 0.1) is 5.52 Å². The molecule has 2 heterocycles. The average molecular weight is 507 g/mol. The average Bonchev–Trinajstić information content (AvgIpc) is 3.26. The Bertz CT molecular complexity index is 1560. The van der Waals surface area contributed by atoms with Gasteiger partial charge in [-0.05, 0) is 81.0 Å². The van der Waals surface area contributed by atoms with E-state index in [1.807, 2.05) is 26.2 Å². The largest absolute Gasteiger partial charge is 0.362 e. The van der Waals surface area contributed by atoms with Crippen LogP contribution in [0.4, 0.5) is 11.8 Å². The zero-order valence-electron chi connectivity index (χ0n) is 22.7. The van der Waals surface area contributed by atoms with Crippen molar-refractivity contribution in [2.45, 2.75) is 51.7 Å². The van der Waals surface area contributed by atoms with Crippen LogP contribution in [0.1, 0.15) is 38.2 Å². The lowest BCUT2D eigenvalue weighted by Gasteiger charge is -2.29. The Morgan fingerprint density at radius 3 is 2.37 bits per heavy atom. The number of aryl methyl sites for hydroxylation is 1. The van der Waals surface area contributed by atoms with E-state index in [-0.39, 0.29) is 0 Å². The Hall–Kier alpha value is -3.64. The van der Waals surface area contributed by atoms with Gasteiger partial charge in [-0.1, -0.05) is 36.4 Å². The fraction of sp³-hybridized carbons (Fsp3) is 0.375. The highest BCUT2D eigenvalue weighted by Gasteiger charge is 2.22. The second-order valence-electron chi connectivity index (χ2n) is 10.9. The lowest BCUT2D eigenvalue weighted by atomic mass is 9.86. The van der Waals surface area contributed by atoms with Gasteiger partial charge in [0.15, 0.2) is 0 Å². The van der Waals surface area contributed by atoms with Gasteiger partial charge in [-0.15, -0.1) is 0 Å². The summed E-state index contributed by atoms with van der Waals surface area (Å²) in [4.78, 5) is 11.7. The van der Waals surface area contributed by atoms with Crippen LogP contribution in [0, 0.1) is 5.92 Å². The molecule has 0 unspecified atom stereocenters. The maximum absolute atomic E-state index is 4.83. The summed E-state index contributed by atoms with van der Waals surface area (Å²) in [5.41, 5.74) is 5.00. The number of rotatable bonds is 8.